The van der Waals surface area contributed by atoms with Gasteiger partial charge in [-0.2, -0.15) is 0 Å². The van der Waals surface area contributed by atoms with Crippen molar-refractivity contribution in [3.05, 3.63) is 35.9 Å². The van der Waals surface area contributed by atoms with Crippen molar-refractivity contribution in [3.8, 4) is 0 Å². The molecule has 0 radical (unpaired) electrons. The molecule has 0 heterocycles. The minimum Gasteiger partial charge on any atom is -0.314 e. The summed E-state index contributed by atoms with van der Waals surface area (Å²) in [5, 5.41) is 3.65. The Labute approximate surface area is 113 Å². The molecule has 0 amide bonds. The number of benzene rings is 1. The van der Waals surface area contributed by atoms with Crippen LogP contribution in [0.25, 0.3) is 0 Å². The topological polar surface area (TPSA) is 12.0 Å². The average Bonchev–Trinajstić information content (AvgIpc) is 2.36. The van der Waals surface area contributed by atoms with E-state index in [1.807, 2.05) is 0 Å². The first-order chi connectivity index (χ1) is 8.59. The fourth-order valence-corrected chi connectivity index (χ4v) is 2.21. The Morgan fingerprint density at radius 2 is 1.61 bits per heavy atom. The minimum absolute atomic E-state index is 0.596. The van der Waals surface area contributed by atoms with Gasteiger partial charge in [0.1, 0.15) is 0 Å². The van der Waals surface area contributed by atoms with Crippen molar-refractivity contribution in [1.29, 1.82) is 0 Å². The Morgan fingerprint density at radius 1 is 0.944 bits per heavy atom. The Hall–Kier alpha value is -0.820. The molecule has 0 aromatic heterocycles. The van der Waals surface area contributed by atoms with E-state index in [2.05, 4.69) is 63.3 Å². The molecule has 0 saturated heterocycles. The van der Waals surface area contributed by atoms with Gasteiger partial charge in [0.05, 0.1) is 0 Å². The molecule has 2 unspecified atom stereocenters. The van der Waals surface area contributed by atoms with Crippen molar-refractivity contribution < 1.29 is 0 Å². The highest BCUT2D eigenvalue weighted by Crippen LogP contribution is 2.14. The predicted molar refractivity (Wildman–Crippen MR) is 81.0 cm³/mol. The maximum Gasteiger partial charge on any atom is 0.00389 e. The van der Waals surface area contributed by atoms with Gasteiger partial charge in [0.25, 0.3) is 0 Å². The van der Waals surface area contributed by atoms with Crippen LogP contribution in [0.15, 0.2) is 30.3 Å². The molecule has 1 rings (SSSR count). The Morgan fingerprint density at radius 3 is 2.22 bits per heavy atom. The summed E-state index contributed by atoms with van der Waals surface area (Å²) in [5.41, 5.74) is 1.43. The predicted octanol–water partition coefficient (Wildman–Crippen LogP) is 4.59. The highest BCUT2D eigenvalue weighted by atomic mass is 14.9. The monoisotopic (exact) mass is 247 g/mol. The highest BCUT2D eigenvalue weighted by molar-refractivity contribution is 5.18. The standard InChI is InChI=1S/C17H29N/c1-14(2)9-8-10-16(4)18-13-15(3)17-11-6-5-7-12-17/h5-7,11-12,14-16,18H,8-10,13H2,1-4H3. The third kappa shape index (κ3) is 6.20. The van der Waals surface area contributed by atoms with E-state index in [0.29, 0.717) is 12.0 Å². The van der Waals surface area contributed by atoms with E-state index in [9.17, 15) is 0 Å². The minimum atomic E-state index is 0.596. The SMILES string of the molecule is CC(C)CCCC(C)NCC(C)c1ccccc1. The van der Waals surface area contributed by atoms with Crippen LogP contribution in [0.1, 0.15) is 58.4 Å². The summed E-state index contributed by atoms with van der Waals surface area (Å²) < 4.78 is 0. The van der Waals surface area contributed by atoms with Crippen molar-refractivity contribution in [2.75, 3.05) is 6.54 Å². The molecule has 0 aliphatic rings. The lowest BCUT2D eigenvalue weighted by Crippen LogP contribution is -2.29. The number of rotatable bonds is 8. The van der Waals surface area contributed by atoms with E-state index in [1.165, 1.54) is 24.8 Å². The number of hydrogen-bond acceptors (Lipinski definition) is 1. The van der Waals surface area contributed by atoms with Crippen molar-refractivity contribution in [1.82, 2.24) is 5.32 Å². The smallest absolute Gasteiger partial charge is 0.00389 e. The third-order valence-corrected chi connectivity index (χ3v) is 3.56. The van der Waals surface area contributed by atoms with Gasteiger partial charge in [0.15, 0.2) is 0 Å². The van der Waals surface area contributed by atoms with Gasteiger partial charge in [0.2, 0.25) is 0 Å². The molecule has 0 aliphatic carbocycles. The van der Waals surface area contributed by atoms with Gasteiger partial charge < -0.3 is 5.32 Å². The van der Waals surface area contributed by atoms with Gasteiger partial charge in [-0.25, -0.2) is 0 Å². The Balaban J connectivity index is 2.20. The molecule has 0 fully saturated rings. The van der Waals surface area contributed by atoms with E-state index < -0.39 is 0 Å². The van der Waals surface area contributed by atoms with Crippen LogP contribution in [0.2, 0.25) is 0 Å². The maximum atomic E-state index is 3.65. The molecule has 1 aromatic carbocycles. The van der Waals surface area contributed by atoms with E-state index in [0.717, 1.165) is 12.5 Å². The molecule has 18 heavy (non-hydrogen) atoms. The summed E-state index contributed by atoms with van der Waals surface area (Å²) >= 11 is 0. The molecule has 1 N–H and O–H groups in total. The summed E-state index contributed by atoms with van der Waals surface area (Å²) in [6, 6.07) is 11.4. The summed E-state index contributed by atoms with van der Waals surface area (Å²) in [4.78, 5) is 0. The zero-order valence-corrected chi connectivity index (χ0v) is 12.4. The molecule has 1 nitrogen and oxygen atoms in total. The van der Waals surface area contributed by atoms with Gasteiger partial charge in [-0.05, 0) is 30.7 Å². The lowest BCUT2D eigenvalue weighted by Gasteiger charge is -2.18. The van der Waals surface area contributed by atoms with Gasteiger partial charge in [0, 0.05) is 12.6 Å². The Kier molecular flexibility index (Phi) is 7.04. The zero-order valence-electron chi connectivity index (χ0n) is 12.4. The first-order valence-corrected chi connectivity index (χ1v) is 7.38. The van der Waals surface area contributed by atoms with Crippen molar-refractivity contribution in [2.45, 2.75) is 58.9 Å². The lowest BCUT2D eigenvalue weighted by molar-refractivity contribution is 0.448. The van der Waals surface area contributed by atoms with Gasteiger partial charge in [-0.15, -0.1) is 0 Å². The van der Waals surface area contributed by atoms with Gasteiger partial charge in [-0.1, -0.05) is 63.9 Å². The molecular formula is C17H29N. The van der Waals surface area contributed by atoms with Crippen LogP contribution in [-0.4, -0.2) is 12.6 Å². The molecule has 102 valence electrons. The van der Waals surface area contributed by atoms with Crippen LogP contribution < -0.4 is 5.32 Å². The quantitative estimate of drug-likeness (QED) is 0.708. The largest absolute Gasteiger partial charge is 0.314 e. The highest BCUT2D eigenvalue weighted by Gasteiger charge is 2.07. The summed E-state index contributed by atoms with van der Waals surface area (Å²) in [6.45, 7) is 10.3. The second kappa shape index (κ2) is 8.31. The van der Waals surface area contributed by atoms with E-state index in [-0.39, 0.29) is 0 Å². The van der Waals surface area contributed by atoms with Crippen molar-refractivity contribution in [2.24, 2.45) is 5.92 Å². The Bertz CT molecular complexity index is 305. The van der Waals surface area contributed by atoms with Crippen molar-refractivity contribution in [3.63, 3.8) is 0 Å². The second-order valence-corrected chi connectivity index (χ2v) is 5.95. The first-order valence-electron chi connectivity index (χ1n) is 7.38. The zero-order chi connectivity index (χ0) is 13.4. The van der Waals surface area contributed by atoms with Gasteiger partial charge in [-0.3, -0.25) is 0 Å². The molecule has 1 aromatic rings. The van der Waals surface area contributed by atoms with Crippen LogP contribution in [0.4, 0.5) is 0 Å². The number of nitrogens with one attached hydrogen (secondary N) is 1. The van der Waals surface area contributed by atoms with Crippen LogP contribution in [0.5, 0.6) is 0 Å². The first kappa shape index (κ1) is 15.2. The third-order valence-electron chi connectivity index (χ3n) is 3.56. The summed E-state index contributed by atoms with van der Waals surface area (Å²) in [5.74, 6) is 1.43. The van der Waals surface area contributed by atoms with Gasteiger partial charge >= 0.3 is 0 Å². The maximum absolute atomic E-state index is 3.65. The van der Waals surface area contributed by atoms with Crippen LogP contribution in [0, 0.1) is 5.92 Å². The van der Waals surface area contributed by atoms with E-state index in [4.69, 9.17) is 0 Å². The molecule has 0 saturated carbocycles. The van der Waals surface area contributed by atoms with Crippen molar-refractivity contribution >= 4 is 0 Å². The number of hydrogen-bond donors (Lipinski definition) is 1. The normalized spacial score (nSPS) is 14.7. The molecule has 2 atom stereocenters. The molecule has 0 aliphatic heterocycles. The second-order valence-electron chi connectivity index (χ2n) is 5.95. The molecule has 1 heteroatoms. The van der Waals surface area contributed by atoms with E-state index >= 15 is 0 Å². The van der Waals surface area contributed by atoms with Crippen LogP contribution in [0.3, 0.4) is 0 Å². The molecule has 0 spiro atoms. The van der Waals surface area contributed by atoms with Crippen LogP contribution >= 0.6 is 0 Å². The molecular weight excluding hydrogens is 218 g/mol. The average molecular weight is 247 g/mol. The summed E-state index contributed by atoms with van der Waals surface area (Å²) in [6.07, 6.45) is 3.98. The fourth-order valence-electron chi connectivity index (χ4n) is 2.21. The lowest BCUT2D eigenvalue weighted by atomic mass is 10.00. The fraction of sp³-hybridized carbons (Fsp3) is 0.647. The molecule has 0 bridgehead atoms. The van der Waals surface area contributed by atoms with E-state index in [1.54, 1.807) is 0 Å². The van der Waals surface area contributed by atoms with Crippen LogP contribution in [-0.2, 0) is 0 Å². The summed E-state index contributed by atoms with van der Waals surface area (Å²) in [7, 11) is 0.